The summed E-state index contributed by atoms with van der Waals surface area (Å²) in [5.74, 6) is 0.118. The first-order valence-electron chi connectivity index (χ1n) is 19.7. The molecule has 9 heteroatoms. The van der Waals surface area contributed by atoms with Crippen LogP contribution < -0.4 is 24.8 Å². The molecule has 0 fully saturated rings. The van der Waals surface area contributed by atoms with Crippen LogP contribution in [0.5, 0.6) is 0 Å². The van der Waals surface area contributed by atoms with E-state index in [9.17, 15) is 26.3 Å². The summed E-state index contributed by atoms with van der Waals surface area (Å²) in [7, 11) is 0. The predicted molar refractivity (Wildman–Crippen MR) is 216 cm³/mol. The third-order valence-electron chi connectivity index (χ3n) is 11.4. The molecule has 0 spiro atoms. The summed E-state index contributed by atoms with van der Waals surface area (Å²) in [4.78, 5) is 0. The number of fused-ring (bicyclic) bond motifs is 3. The van der Waals surface area contributed by atoms with Crippen molar-refractivity contribution in [2.24, 2.45) is 11.3 Å². The Hall–Kier alpha value is -2.73. The molecule has 1 atom stereocenters. The van der Waals surface area contributed by atoms with Crippen LogP contribution in [-0.2, 0) is 44.4 Å². The Labute approximate surface area is 361 Å². The zero-order valence-corrected chi connectivity index (χ0v) is 39.0. The van der Waals surface area contributed by atoms with Gasteiger partial charge in [0.05, 0.1) is 0 Å². The zero-order valence-electron chi connectivity index (χ0n) is 35.0. The van der Waals surface area contributed by atoms with E-state index < -0.39 is 44.7 Å². The predicted octanol–water partition coefficient (Wildman–Crippen LogP) is 8.96. The van der Waals surface area contributed by atoms with Gasteiger partial charge in [-0.2, -0.15) is 0 Å². The van der Waals surface area contributed by atoms with Crippen LogP contribution in [-0.4, -0.2) is 3.21 Å². The molecule has 1 unspecified atom stereocenters. The van der Waals surface area contributed by atoms with Crippen LogP contribution in [0.1, 0.15) is 137 Å². The summed E-state index contributed by atoms with van der Waals surface area (Å²) in [6, 6.07) is 24.3. The van der Waals surface area contributed by atoms with E-state index in [1.807, 2.05) is 0 Å². The first-order chi connectivity index (χ1) is 25.9. The number of allylic oxidation sites excluding steroid dienone is 4. The van der Waals surface area contributed by atoms with E-state index in [1.165, 1.54) is 42.2 Å². The minimum absolute atomic E-state index is 0. The average Bonchev–Trinajstić information content (AvgIpc) is 3.67. The van der Waals surface area contributed by atoms with Crippen LogP contribution in [0.15, 0.2) is 106 Å². The van der Waals surface area contributed by atoms with E-state index in [1.54, 1.807) is 24.3 Å². The molecule has 0 saturated heterocycles. The Morgan fingerprint density at radius 3 is 1.29 bits per heavy atom. The van der Waals surface area contributed by atoms with Gasteiger partial charge in [-0.1, -0.05) is 0 Å². The number of rotatable bonds is 7. The van der Waals surface area contributed by atoms with Crippen molar-refractivity contribution in [1.82, 2.24) is 0 Å². The molecule has 0 bridgehead atoms. The molecule has 0 N–H and O–H groups in total. The van der Waals surface area contributed by atoms with E-state index in [-0.39, 0.29) is 50.6 Å². The van der Waals surface area contributed by atoms with Crippen molar-refractivity contribution in [1.29, 1.82) is 0 Å². The Balaban J connectivity index is 0.00000372. The van der Waals surface area contributed by atoms with Crippen LogP contribution in [0.3, 0.4) is 0 Å². The van der Waals surface area contributed by atoms with Gasteiger partial charge in [-0.3, -0.25) is 0 Å². The molecule has 0 saturated carbocycles. The minimum Gasteiger partial charge on any atom is -1.00 e. The summed E-state index contributed by atoms with van der Waals surface area (Å²) in [5, 5.41) is 0. The monoisotopic (exact) mass is 916 g/mol. The van der Waals surface area contributed by atoms with Crippen molar-refractivity contribution in [3.05, 3.63) is 150 Å². The molecule has 0 heterocycles. The summed E-state index contributed by atoms with van der Waals surface area (Å²) in [6.45, 7) is 22.0. The van der Waals surface area contributed by atoms with Crippen LogP contribution in [0.25, 0.3) is 11.1 Å². The molecular weight excluding hydrogens is 865 g/mol. The van der Waals surface area contributed by atoms with Gasteiger partial charge in [-0.25, -0.2) is 0 Å². The van der Waals surface area contributed by atoms with Gasteiger partial charge in [0, 0.05) is 0 Å². The van der Waals surface area contributed by atoms with Gasteiger partial charge >= 0.3 is 339 Å². The van der Waals surface area contributed by atoms with Gasteiger partial charge in [-0.15, -0.1) is 0 Å². The summed E-state index contributed by atoms with van der Waals surface area (Å²) in [5.41, 5.74) is 7.79. The van der Waals surface area contributed by atoms with E-state index >= 15 is 0 Å². The molecule has 0 aromatic heterocycles. The summed E-state index contributed by atoms with van der Waals surface area (Å²) >= 11 is -3.59. The normalized spacial score (nSPS) is 15.7. The van der Waals surface area contributed by atoms with Gasteiger partial charge in [0.25, 0.3) is 0 Å². The van der Waals surface area contributed by atoms with Crippen molar-refractivity contribution in [2.45, 2.75) is 115 Å². The number of benzene rings is 4. The molecule has 2 aliphatic rings. The summed E-state index contributed by atoms with van der Waals surface area (Å²) in [6.07, 6.45) is -1.33. The number of halogens is 8. The zero-order chi connectivity index (χ0) is 41.2. The van der Waals surface area contributed by atoms with Crippen molar-refractivity contribution in [3.8, 4) is 11.1 Å². The third-order valence-corrected chi connectivity index (χ3v) is 19.9. The number of unbranched alkanes of at least 4 members (excludes halogenated alkanes) is 1. The second-order valence-electron chi connectivity index (χ2n) is 18.7. The van der Waals surface area contributed by atoms with Crippen LogP contribution in [0.2, 0.25) is 0 Å². The summed E-state index contributed by atoms with van der Waals surface area (Å²) < 4.78 is 86.3. The fraction of sp³-hybridized carbons (Fsp3) is 0.408. The maximum absolute atomic E-state index is 14.0. The molecule has 4 aromatic carbocycles. The Kier molecular flexibility index (Phi) is 14.3. The van der Waals surface area contributed by atoms with E-state index in [0.717, 1.165) is 46.7 Å². The van der Waals surface area contributed by atoms with E-state index in [4.69, 9.17) is 0 Å². The topological polar surface area (TPSA) is 0 Å². The first-order valence-corrected chi connectivity index (χ1v) is 23.6. The van der Waals surface area contributed by atoms with Gasteiger partial charge < -0.3 is 24.8 Å². The fourth-order valence-corrected chi connectivity index (χ4v) is 17.8. The van der Waals surface area contributed by atoms with Crippen LogP contribution >= 0.6 is 0 Å². The largest absolute Gasteiger partial charge is 1.00 e. The van der Waals surface area contributed by atoms with E-state index in [2.05, 4.69) is 118 Å². The first kappa shape index (κ1) is 47.9. The average molecular weight is 919 g/mol. The van der Waals surface area contributed by atoms with Gasteiger partial charge in [0.15, 0.2) is 0 Å². The van der Waals surface area contributed by atoms with Crippen molar-refractivity contribution in [2.75, 3.05) is 0 Å². The maximum Gasteiger partial charge on any atom is -1.00 e. The molecule has 310 valence electrons. The Bertz CT molecular complexity index is 2080. The standard InChI is InChI=1S/C21H25.C15H8F6.C13H21.2ClH.Zr/c1-20(2,3)16-9-7-14-11-15-8-10-17(21(4,5)6)13-19(15)18(14)12-16;16-14(17,18)12-5-1-10(2-6-12)9-11-3-7-13(8-4-11)15(19,20)21;1-5-6-7-11-8-9-12(10-11)13(2,3)4;;;/h7-13H,1-6H3;1-8H;9-11H,5-7H2,1-4H3;2*1H;/q;;;;;+2/p-2. The SMILES string of the molecule is CCCCC1C=C(C(C)(C)C)C=[C]1[Zr+2](=[C](c1ccc(C(F)(F)F)cc1)c1ccc(C(F)(F)F)cc1)[CH]1c2ccc(C(C)(C)C)cc2-c2cc(C(C)(C)C)ccc21.[Cl-].[Cl-]. The maximum atomic E-state index is 14.0. The van der Waals surface area contributed by atoms with Crippen molar-refractivity contribution in [3.63, 3.8) is 0 Å². The smallest absolute Gasteiger partial charge is 1.00 e. The minimum atomic E-state index is -4.53. The molecule has 0 amide bonds. The fourth-order valence-electron chi connectivity index (χ4n) is 8.11. The molecule has 2 aliphatic carbocycles. The molecule has 0 radical (unpaired) electrons. The van der Waals surface area contributed by atoms with Gasteiger partial charge in [0.1, 0.15) is 0 Å². The second kappa shape index (κ2) is 17.3. The van der Waals surface area contributed by atoms with Crippen molar-refractivity contribution >= 4 is 3.21 Å². The van der Waals surface area contributed by atoms with Crippen molar-refractivity contribution < 1.29 is 72.4 Å². The van der Waals surface area contributed by atoms with Crippen LogP contribution in [0.4, 0.5) is 26.3 Å². The number of alkyl halides is 6. The van der Waals surface area contributed by atoms with Crippen LogP contribution in [0, 0.1) is 11.3 Å². The quantitative estimate of drug-likeness (QED) is 0.163. The Morgan fingerprint density at radius 2 is 0.948 bits per heavy atom. The molecular formula is C49H54Cl2F6Zr. The Morgan fingerprint density at radius 1 is 0.552 bits per heavy atom. The van der Waals surface area contributed by atoms with E-state index in [0.29, 0.717) is 11.1 Å². The second-order valence-corrected chi connectivity index (χ2v) is 24.8. The third kappa shape index (κ3) is 9.90. The number of hydrogen-bond acceptors (Lipinski definition) is 0. The molecule has 0 aliphatic heterocycles. The molecule has 6 rings (SSSR count). The molecule has 4 aromatic rings. The van der Waals surface area contributed by atoms with Gasteiger partial charge in [0.2, 0.25) is 0 Å². The molecule has 0 nitrogen and oxygen atoms in total. The number of hydrogen-bond donors (Lipinski definition) is 0. The van der Waals surface area contributed by atoms with Gasteiger partial charge in [-0.05, 0) is 0 Å². The molecule has 58 heavy (non-hydrogen) atoms.